The van der Waals surface area contributed by atoms with Crippen molar-refractivity contribution in [3.05, 3.63) is 47.5 Å². The highest BCUT2D eigenvalue weighted by Crippen LogP contribution is 2.30. The van der Waals surface area contributed by atoms with Gasteiger partial charge in [0, 0.05) is 21.5 Å². The molecule has 0 N–H and O–H groups in total. The minimum absolute atomic E-state index is 0.00534. The summed E-state index contributed by atoms with van der Waals surface area (Å²) in [6, 6.07) is 4.46. The van der Waals surface area contributed by atoms with E-state index in [-0.39, 0.29) is 24.5 Å². The highest BCUT2D eigenvalue weighted by molar-refractivity contribution is 9.12. The molecule has 0 saturated carbocycles. The molecule has 1 amide bonds. The molecule has 0 radical (unpaired) electrons. The summed E-state index contributed by atoms with van der Waals surface area (Å²) in [6.07, 6.45) is 2.40. The second-order valence-electron chi connectivity index (χ2n) is 6.92. The van der Waals surface area contributed by atoms with Crippen molar-refractivity contribution in [2.75, 3.05) is 23.0 Å². The van der Waals surface area contributed by atoms with E-state index < -0.39 is 27.9 Å². The second-order valence-corrected chi connectivity index (χ2v) is 9.54. The van der Waals surface area contributed by atoms with Crippen molar-refractivity contribution < 1.29 is 22.3 Å². The second kappa shape index (κ2) is 8.20. The van der Waals surface area contributed by atoms with Crippen LogP contribution < -0.4 is 4.90 Å². The first-order valence-corrected chi connectivity index (χ1v) is 11.7. The number of rotatable bonds is 4. The largest absolute Gasteiger partial charge is 0.442 e. The van der Waals surface area contributed by atoms with Gasteiger partial charge < -0.3 is 4.74 Å². The molecule has 8 nitrogen and oxygen atoms in total. The monoisotopic (exact) mass is 494 g/mol. The molecular formula is C19H16BrFN4O4S. The molecule has 1 aromatic carbocycles. The maximum absolute atomic E-state index is 14.7. The van der Waals surface area contributed by atoms with E-state index in [0.717, 1.165) is 0 Å². The van der Waals surface area contributed by atoms with E-state index in [2.05, 4.69) is 37.0 Å². The van der Waals surface area contributed by atoms with Crippen LogP contribution in [0.1, 0.15) is 17.7 Å². The van der Waals surface area contributed by atoms with Crippen molar-refractivity contribution in [1.82, 2.24) is 15.0 Å². The smallest absolute Gasteiger partial charge is 0.414 e. The van der Waals surface area contributed by atoms with Gasteiger partial charge in [-0.2, -0.15) is 0 Å². The minimum Gasteiger partial charge on any atom is -0.442 e. The van der Waals surface area contributed by atoms with Gasteiger partial charge in [-0.25, -0.2) is 22.3 Å². The van der Waals surface area contributed by atoms with Gasteiger partial charge in [0.1, 0.15) is 11.9 Å². The fraction of sp³-hybridized carbons (Fsp3) is 0.316. The van der Waals surface area contributed by atoms with Crippen LogP contribution in [0.15, 0.2) is 30.5 Å². The third-order valence-corrected chi connectivity index (χ3v) is 6.55. The molecule has 4 rings (SSSR count). The van der Waals surface area contributed by atoms with Crippen LogP contribution >= 0.6 is 15.9 Å². The summed E-state index contributed by atoms with van der Waals surface area (Å²) in [5.41, 5.74) is 1.86. The summed E-state index contributed by atoms with van der Waals surface area (Å²) in [6.45, 7) is 0.527. The number of carbonyl (C=O) groups is 1. The molecule has 2 aliphatic heterocycles. The highest BCUT2D eigenvalue weighted by atomic mass is 79.9. The number of anilines is 1. The molecule has 0 bridgehead atoms. The number of sulfone groups is 1. The molecule has 2 aromatic rings. The first-order valence-electron chi connectivity index (χ1n) is 9.04. The Morgan fingerprint density at radius 2 is 2.20 bits per heavy atom. The molecule has 0 spiro atoms. The van der Waals surface area contributed by atoms with Crippen LogP contribution in [0, 0.1) is 16.6 Å². The number of benzene rings is 1. The zero-order chi connectivity index (χ0) is 21.3. The number of ether oxygens (including phenoxy) is 1. The number of nitrogens with zero attached hydrogens (tertiary/aromatic N) is 4. The van der Waals surface area contributed by atoms with Crippen molar-refractivity contribution in [2.45, 2.75) is 19.1 Å². The Labute approximate surface area is 180 Å². The Balaban J connectivity index is 1.47. The van der Waals surface area contributed by atoms with Gasteiger partial charge in [0.2, 0.25) is 0 Å². The Bertz CT molecular complexity index is 1200. The molecule has 1 aromatic heterocycles. The lowest BCUT2D eigenvalue weighted by atomic mass is 10.0. The van der Waals surface area contributed by atoms with E-state index in [0.29, 0.717) is 29.1 Å². The highest BCUT2D eigenvalue weighted by Gasteiger charge is 2.33. The number of aromatic nitrogens is 3. The van der Waals surface area contributed by atoms with Gasteiger partial charge in [0.05, 0.1) is 36.5 Å². The predicted octanol–water partition coefficient (Wildman–Crippen LogP) is 2.35. The van der Waals surface area contributed by atoms with Crippen LogP contribution in [0.4, 0.5) is 14.9 Å². The van der Waals surface area contributed by atoms with E-state index in [1.165, 1.54) is 15.6 Å². The lowest BCUT2D eigenvalue weighted by Gasteiger charge is -2.17. The fourth-order valence-electron chi connectivity index (χ4n) is 3.38. The van der Waals surface area contributed by atoms with Gasteiger partial charge in [0.25, 0.3) is 0 Å². The van der Waals surface area contributed by atoms with Crippen molar-refractivity contribution in [1.29, 1.82) is 0 Å². The van der Waals surface area contributed by atoms with E-state index in [4.69, 9.17) is 4.74 Å². The average Bonchev–Trinajstić information content (AvgIpc) is 3.29. The number of carbonyl (C=O) groups excluding carboxylic acids is 1. The Morgan fingerprint density at radius 3 is 2.90 bits per heavy atom. The number of hydrogen-bond acceptors (Lipinski definition) is 6. The molecule has 1 fully saturated rings. The molecule has 3 heterocycles. The zero-order valence-electron chi connectivity index (χ0n) is 15.6. The standard InChI is InChI=1S/C19H16BrFN4O4S/c20-6-3-14-10-24(23-22-14)11-16-12-25(19(26)29-16)15-1-2-17(18(21)9-15)13-4-7-30(27,28)8-5-13/h1-2,4,9-10,16H,5,7-8,11-12H2. The van der Waals surface area contributed by atoms with E-state index >= 15 is 0 Å². The minimum atomic E-state index is -3.09. The van der Waals surface area contributed by atoms with E-state index in [9.17, 15) is 17.6 Å². The van der Waals surface area contributed by atoms with Crippen LogP contribution in [-0.4, -0.2) is 53.7 Å². The Hall–Kier alpha value is -2.71. The van der Waals surface area contributed by atoms with Crippen LogP contribution in [0.3, 0.4) is 0 Å². The van der Waals surface area contributed by atoms with Crippen molar-refractivity contribution in [2.24, 2.45) is 0 Å². The van der Waals surface area contributed by atoms with Gasteiger partial charge in [0.15, 0.2) is 15.5 Å². The lowest BCUT2D eigenvalue weighted by molar-refractivity contribution is 0.129. The van der Waals surface area contributed by atoms with E-state index in [1.807, 2.05) is 0 Å². The lowest BCUT2D eigenvalue weighted by Crippen LogP contribution is -2.26. The van der Waals surface area contributed by atoms with Crippen molar-refractivity contribution in [3.63, 3.8) is 0 Å². The zero-order valence-corrected chi connectivity index (χ0v) is 18.0. The summed E-state index contributed by atoms with van der Waals surface area (Å²) in [5.74, 6) is 2.12. The predicted molar refractivity (Wildman–Crippen MR) is 111 cm³/mol. The normalized spacial score (nSPS) is 20.3. The summed E-state index contributed by atoms with van der Waals surface area (Å²) in [4.78, 5) is 16.2. The number of hydrogen-bond donors (Lipinski definition) is 0. The first kappa shape index (κ1) is 20.6. The fourth-order valence-corrected chi connectivity index (χ4v) is 4.74. The summed E-state index contributed by atoms with van der Waals surface area (Å²) in [7, 11) is -3.09. The molecule has 1 atom stereocenters. The van der Waals surface area contributed by atoms with Crippen LogP contribution in [0.5, 0.6) is 0 Å². The maximum atomic E-state index is 14.7. The van der Waals surface area contributed by atoms with Crippen molar-refractivity contribution >= 4 is 43.1 Å². The molecule has 156 valence electrons. The van der Waals surface area contributed by atoms with Crippen LogP contribution in [0.2, 0.25) is 0 Å². The van der Waals surface area contributed by atoms with Crippen molar-refractivity contribution in [3.8, 4) is 10.8 Å². The molecule has 11 heteroatoms. The van der Waals surface area contributed by atoms with Gasteiger partial charge in [-0.3, -0.25) is 4.90 Å². The number of amides is 1. The molecule has 1 saturated heterocycles. The van der Waals surface area contributed by atoms with Gasteiger partial charge in [-0.1, -0.05) is 11.3 Å². The van der Waals surface area contributed by atoms with Gasteiger partial charge in [-0.05, 0) is 40.9 Å². The average molecular weight is 495 g/mol. The van der Waals surface area contributed by atoms with E-state index in [1.54, 1.807) is 24.4 Å². The third kappa shape index (κ3) is 4.39. The summed E-state index contributed by atoms with van der Waals surface area (Å²) in [5, 5.41) is 7.81. The van der Waals surface area contributed by atoms with Crippen LogP contribution in [0.25, 0.3) is 5.57 Å². The summed E-state index contributed by atoms with van der Waals surface area (Å²) < 4.78 is 44.7. The molecular weight excluding hydrogens is 479 g/mol. The number of halogens is 2. The molecule has 30 heavy (non-hydrogen) atoms. The molecule has 0 aliphatic carbocycles. The quantitative estimate of drug-likeness (QED) is 0.605. The number of allylic oxidation sites excluding steroid dienone is 1. The molecule has 2 aliphatic rings. The Morgan fingerprint density at radius 1 is 1.37 bits per heavy atom. The summed E-state index contributed by atoms with van der Waals surface area (Å²) >= 11 is 2.99. The van der Waals surface area contributed by atoms with Gasteiger partial charge in [-0.15, -0.1) is 5.10 Å². The van der Waals surface area contributed by atoms with Crippen LogP contribution in [-0.2, 0) is 21.1 Å². The topological polar surface area (TPSA) is 94.4 Å². The Kier molecular flexibility index (Phi) is 5.62. The SMILES string of the molecule is O=C1OC(Cn2cc(C#CBr)nn2)CN1c1ccc(C2=CCS(=O)(=O)CC2)c(F)c1. The first-order chi connectivity index (χ1) is 14.3. The molecule has 1 unspecified atom stereocenters. The maximum Gasteiger partial charge on any atom is 0.414 e. The van der Waals surface area contributed by atoms with Gasteiger partial charge >= 0.3 is 6.09 Å². The number of cyclic esters (lactones) is 1. The third-order valence-electron chi connectivity index (χ3n) is 4.86.